The number of aromatic nitrogens is 2. The molecule has 0 unspecified atom stereocenters. The number of hydrogen-bond donors (Lipinski definition) is 1. The summed E-state index contributed by atoms with van der Waals surface area (Å²) in [5.41, 5.74) is 3.14. The van der Waals surface area contributed by atoms with E-state index in [1.54, 1.807) is 11.3 Å². The number of pyridine rings is 1. The van der Waals surface area contributed by atoms with Gasteiger partial charge in [-0.15, -0.1) is 11.3 Å². The predicted octanol–water partition coefficient (Wildman–Crippen LogP) is 3.22. The molecule has 3 aromatic rings. The molecule has 0 fully saturated rings. The lowest BCUT2D eigenvalue weighted by molar-refractivity contribution is -0.120. The SMILES string of the molecule is O=C(Cc1csc(CCc2ccccn2)n1)NCCc1ccccc1. The minimum Gasteiger partial charge on any atom is -0.355 e. The summed E-state index contributed by atoms with van der Waals surface area (Å²) in [6.07, 6.45) is 4.73. The van der Waals surface area contributed by atoms with E-state index in [0.717, 1.165) is 35.7 Å². The van der Waals surface area contributed by atoms with Crippen molar-refractivity contribution in [3.05, 3.63) is 82.1 Å². The van der Waals surface area contributed by atoms with Gasteiger partial charge in [0.1, 0.15) is 0 Å². The molecule has 2 heterocycles. The van der Waals surface area contributed by atoms with Crippen LogP contribution >= 0.6 is 11.3 Å². The number of nitrogens with one attached hydrogen (secondary N) is 1. The third-order valence-corrected chi connectivity index (χ3v) is 4.80. The molecule has 0 radical (unpaired) electrons. The number of thiazole rings is 1. The number of amides is 1. The molecule has 1 aromatic carbocycles. The molecule has 1 amide bonds. The van der Waals surface area contributed by atoms with E-state index in [4.69, 9.17) is 0 Å². The van der Waals surface area contributed by atoms with Gasteiger partial charge in [0.05, 0.1) is 17.1 Å². The van der Waals surface area contributed by atoms with Gasteiger partial charge in [-0.1, -0.05) is 36.4 Å². The van der Waals surface area contributed by atoms with Crippen LogP contribution in [0.2, 0.25) is 0 Å². The van der Waals surface area contributed by atoms with E-state index >= 15 is 0 Å². The summed E-state index contributed by atoms with van der Waals surface area (Å²) >= 11 is 1.61. The van der Waals surface area contributed by atoms with Crippen LogP contribution in [0, 0.1) is 0 Å². The van der Waals surface area contributed by atoms with Gasteiger partial charge in [-0.05, 0) is 30.5 Å². The highest BCUT2D eigenvalue weighted by molar-refractivity contribution is 7.09. The van der Waals surface area contributed by atoms with Crippen molar-refractivity contribution in [1.82, 2.24) is 15.3 Å². The van der Waals surface area contributed by atoms with Crippen LogP contribution in [-0.2, 0) is 30.5 Å². The van der Waals surface area contributed by atoms with E-state index < -0.39 is 0 Å². The maximum atomic E-state index is 12.0. The summed E-state index contributed by atoms with van der Waals surface area (Å²) < 4.78 is 0. The van der Waals surface area contributed by atoms with Gasteiger partial charge in [0.25, 0.3) is 0 Å². The minimum absolute atomic E-state index is 0.0255. The summed E-state index contributed by atoms with van der Waals surface area (Å²) in [7, 11) is 0. The Morgan fingerprint density at radius 3 is 2.60 bits per heavy atom. The largest absolute Gasteiger partial charge is 0.355 e. The third kappa shape index (κ3) is 5.80. The number of carbonyl (C=O) groups excluding carboxylic acids is 1. The van der Waals surface area contributed by atoms with Crippen LogP contribution in [0.25, 0.3) is 0 Å². The fraction of sp³-hybridized carbons (Fsp3) is 0.250. The zero-order chi connectivity index (χ0) is 17.3. The second-order valence-corrected chi connectivity index (χ2v) is 6.76. The molecule has 0 aliphatic heterocycles. The molecule has 2 aromatic heterocycles. The van der Waals surface area contributed by atoms with Crippen LogP contribution in [0.3, 0.4) is 0 Å². The Labute approximate surface area is 152 Å². The standard InChI is InChI=1S/C20H21N3OS/c24-19(22-13-11-16-6-2-1-3-7-16)14-18-15-25-20(23-18)10-9-17-8-4-5-12-21-17/h1-8,12,15H,9-11,13-14H2,(H,22,24). The van der Waals surface area contributed by atoms with Crippen molar-refractivity contribution in [2.75, 3.05) is 6.54 Å². The first-order valence-corrected chi connectivity index (χ1v) is 9.31. The highest BCUT2D eigenvalue weighted by atomic mass is 32.1. The van der Waals surface area contributed by atoms with Gasteiger partial charge in [0.15, 0.2) is 0 Å². The van der Waals surface area contributed by atoms with Crippen molar-refractivity contribution < 1.29 is 4.79 Å². The Kier molecular flexibility index (Phi) is 6.29. The Balaban J connectivity index is 1.40. The van der Waals surface area contributed by atoms with E-state index in [9.17, 15) is 4.79 Å². The zero-order valence-corrected chi connectivity index (χ0v) is 14.8. The van der Waals surface area contributed by atoms with Crippen LogP contribution < -0.4 is 5.32 Å². The van der Waals surface area contributed by atoms with E-state index in [1.165, 1.54) is 5.56 Å². The molecule has 3 rings (SSSR count). The van der Waals surface area contributed by atoms with Gasteiger partial charge in [0, 0.05) is 30.2 Å². The highest BCUT2D eigenvalue weighted by Gasteiger charge is 2.08. The normalized spacial score (nSPS) is 10.6. The first kappa shape index (κ1) is 17.3. The van der Waals surface area contributed by atoms with E-state index in [2.05, 4.69) is 27.4 Å². The Morgan fingerprint density at radius 1 is 0.960 bits per heavy atom. The predicted molar refractivity (Wildman–Crippen MR) is 101 cm³/mol. The Bertz CT molecular complexity index is 787. The molecular formula is C20H21N3OS. The summed E-state index contributed by atoms with van der Waals surface area (Å²) in [6, 6.07) is 16.1. The molecule has 0 saturated heterocycles. The van der Waals surface area contributed by atoms with E-state index in [-0.39, 0.29) is 5.91 Å². The lowest BCUT2D eigenvalue weighted by Crippen LogP contribution is -2.27. The summed E-state index contributed by atoms with van der Waals surface area (Å²) in [5, 5.41) is 5.99. The van der Waals surface area contributed by atoms with E-state index in [1.807, 2.05) is 48.0 Å². The number of nitrogens with zero attached hydrogens (tertiary/aromatic N) is 2. The van der Waals surface area contributed by atoms with Crippen LogP contribution in [0.4, 0.5) is 0 Å². The average Bonchev–Trinajstić information content (AvgIpc) is 3.09. The molecular weight excluding hydrogens is 330 g/mol. The molecule has 0 aliphatic rings. The van der Waals surface area contributed by atoms with Gasteiger partial charge in [0.2, 0.25) is 5.91 Å². The molecule has 5 heteroatoms. The zero-order valence-electron chi connectivity index (χ0n) is 14.0. The second kappa shape index (κ2) is 9.08. The smallest absolute Gasteiger partial charge is 0.226 e. The molecule has 0 saturated carbocycles. The number of rotatable bonds is 8. The maximum absolute atomic E-state index is 12.0. The fourth-order valence-electron chi connectivity index (χ4n) is 2.54. The molecule has 4 nitrogen and oxygen atoms in total. The Hall–Kier alpha value is -2.53. The van der Waals surface area contributed by atoms with Crippen molar-refractivity contribution in [3.8, 4) is 0 Å². The Morgan fingerprint density at radius 2 is 1.80 bits per heavy atom. The lowest BCUT2D eigenvalue weighted by atomic mass is 10.1. The molecule has 25 heavy (non-hydrogen) atoms. The molecule has 0 spiro atoms. The first-order valence-electron chi connectivity index (χ1n) is 8.43. The van der Waals surface area contributed by atoms with Gasteiger partial charge in [-0.2, -0.15) is 0 Å². The van der Waals surface area contributed by atoms with Gasteiger partial charge < -0.3 is 5.32 Å². The molecule has 128 valence electrons. The topological polar surface area (TPSA) is 54.9 Å². The maximum Gasteiger partial charge on any atom is 0.226 e. The van der Waals surface area contributed by atoms with Crippen molar-refractivity contribution in [3.63, 3.8) is 0 Å². The van der Waals surface area contributed by atoms with Crippen LogP contribution in [0.15, 0.2) is 60.1 Å². The number of benzene rings is 1. The minimum atomic E-state index is 0.0255. The first-order chi connectivity index (χ1) is 12.3. The second-order valence-electron chi connectivity index (χ2n) is 5.82. The van der Waals surface area contributed by atoms with Crippen LogP contribution in [0.5, 0.6) is 0 Å². The van der Waals surface area contributed by atoms with Crippen LogP contribution in [0.1, 0.15) is 22.0 Å². The molecule has 1 N–H and O–H groups in total. The number of carbonyl (C=O) groups is 1. The highest BCUT2D eigenvalue weighted by Crippen LogP contribution is 2.13. The van der Waals surface area contributed by atoms with Crippen molar-refractivity contribution in [2.45, 2.75) is 25.7 Å². The fourth-order valence-corrected chi connectivity index (χ4v) is 3.34. The van der Waals surface area contributed by atoms with Gasteiger partial charge in [-0.3, -0.25) is 9.78 Å². The summed E-state index contributed by atoms with van der Waals surface area (Å²) in [4.78, 5) is 20.9. The van der Waals surface area contributed by atoms with E-state index in [0.29, 0.717) is 13.0 Å². The average molecular weight is 351 g/mol. The monoisotopic (exact) mass is 351 g/mol. The van der Waals surface area contributed by atoms with Crippen molar-refractivity contribution in [2.24, 2.45) is 0 Å². The van der Waals surface area contributed by atoms with Gasteiger partial charge >= 0.3 is 0 Å². The lowest BCUT2D eigenvalue weighted by Gasteiger charge is -2.04. The molecule has 0 atom stereocenters. The quantitative estimate of drug-likeness (QED) is 0.678. The van der Waals surface area contributed by atoms with Crippen molar-refractivity contribution in [1.29, 1.82) is 0 Å². The van der Waals surface area contributed by atoms with Crippen LogP contribution in [-0.4, -0.2) is 22.4 Å². The molecule has 0 aliphatic carbocycles. The molecule has 0 bridgehead atoms. The summed E-state index contributed by atoms with van der Waals surface area (Å²) in [6.45, 7) is 0.652. The van der Waals surface area contributed by atoms with Gasteiger partial charge in [-0.25, -0.2) is 4.98 Å². The third-order valence-electron chi connectivity index (χ3n) is 3.84. The summed E-state index contributed by atoms with van der Waals surface area (Å²) in [5.74, 6) is 0.0255. The number of aryl methyl sites for hydroxylation is 2. The number of hydrogen-bond acceptors (Lipinski definition) is 4. The van der Waals surface area contributed by atoms with Crippen molar-refractivity contribution >= 4 is 17.2 Å².